The maximum absolute atomic E-state index is 13.1. The van der Waals surface area contributed by atoms with Crippen LogP contribution in [-0.2, 0) is 12.7 Å². The summed E-state index contributed by atoms with van der Waals surface area (Å²) in [5.74, 6) is 0.853. The van der Waals surface area contributed by atoms with E-state index in [1.54, 1.807) is 18.3 Å². The molecule has 0 unspecified atom stereocenters. The number of alkyl halides is 3. The lowest BCUT2D eigenvalue weighted by atomic mass is 10.2. The number of hydrogen-bond donors (Lipinski definition) is 2. The van der Waals surface area contributed by atoms with Crippen molar-refractivity contribution in [2.75, 3.05) is 10.6 Å². The first kappa shape index (κ1) is 16.5. The number of aromatic nitrogens is 4. The zero-order valence-electron chi connectivity index (χ0n) is 13.6. The van der Waals surface area contributed by atoms with Crippen LogP contribution >= 0.6 is 0 Å². The Bertz CT molecular complexity index is 939. The summed E-state index contributed by atoms with van der Waals surface area (Å²) in [6, 6.07) is 6.73. The minimum absolute atomic E-state index is 0.0485. The first-order valence-electron chi connectivity index (χ1n) is 8.15. The number of rotatable bonds is 5. The molecular weight excluding hydrogens is 345 g/mol. The normalized spacial score (nSPS) is 14.4. The van der Waals surface area contributed by atoms with Crippen LogP contribution in [0.4, 0.5) is 24.9 Å². The van der Waals surface area contributed by atoms with E-state index < -0.39 is 11.9 Å². The standard InChI is InChI=1S/C17H15F3N6/c18-17(19,20)13-10(3-1-7-21-13)9-23-15-12-4-2-8-22-14(12)25-16(26-15)24-11-5-6-11/h1-4,7-8,11H,5-6,9H2,(H2,22,23,24,25,26). The van der Waals surface area contributed by atoms with E-state index in [-0.39, 0.29) is 12.1 Å². The van der Waals surface area contributed by atoms with E-state index in [1.807, 2.05) is 0 Å². The van der Waals surface area contributed by atoms with Crippen LogP contribution in [-0.4, -0.2) is 26.0 Å². The Kier molecular flexibility index (Phi) is 4.06. The van der Waals surface area contributed by atoms with E-state index >= 15 is 0 Å². The van der Waals surface area contributed by atoms with Crippen LogP contribution in [0.1, 0.15) is 24.1 Å². The molecule has 26 heavy (non-hydrogen) atoms. The van der Waals surface area contributed by atoms with E-state index in [1.165, 1.54) is 12.1 Å². The Labute approximate surface area is 146 Å². The fourth-order valence-electron chi connectivity index (χ4n) is 2.59. The summed E-state index contributed by atoms with van der Waals surface area (Å²) in [6.07, 6.45) is 0.344. The number of anilines is 2. The van der Waals surface area contributed by atoms with Gasteiger partial charge in [0.2, 0.25) is 5.95 Å². The Balaban J connectivity index is 1.65. The van der Waals surface area contributed by atoms with E-state index in [2.05, 4.69) is 30.6 Å². The third-order valence-electron chi connectivity index (χ3n) is 3.99. The lowest BCUT2D eigenvalue weighted by Crippen LogP contribution is -2.15. The summed E-state index contributed by atoms with van der Waals surface area (Å²) in [5, 5.41) is 6.81. The first-order chi connectivity index (χ1) is 12.5. The molecule has 3 heterocycles. The molecule has 1 aliphatic carbocycles. The van der Waals surface area contributed by atoms with Crippen molar-refractivity contribution >= 4 is 22.8 Å². The molecule has 6 nitrogen and oxygen atoms in total. The van der Waals surface area contributed by atoms with Gasteiger partial charge in [-0.15, -0.1) is 0 Å². The van der Waals surface area contributed by atoms with Crippen molar-refractivity contribution in [1.82, 2.24) is 19.9 Å². The minimum atomic E-state index is -4.51. The monoisotopic (exact) mass is 360 g/mol. The second-order valence-corrected chi connectivity index (χ2v) is 6.05. The zero-order chi connectivity index (χ0) is 18.1. The molecule has 9 heteroatoms. The van der Waals surface area contributed by atoms with Gasteiger partial charge in [0.25, 0.3) is 0 Å². The molecule has 134 valence electrons. The number of nitrogens with one attached hydrogen (secondary N) is 2. The molecule has 3 aromatic rings. The number of pyridine rings is 2. The van der Waals surface area contributed by atoms with Crippen molar-refractivity contribution < 1.29 is 13.2 Å². The number of hydrogen-bond acceptors (Lipinski definition) is 6. The van der Waals surface area contributed by atoms with Gasteiger partial charge in [-0.05, 0) is 31.0 Å². The van der Waals surface area contributed by atoms with Crippen LogP contribution in [0.5, 0.6) is 0 Å². The maximum Gasteiger partial charge on any atom is 0.433 e. The summed E-state index contributed by atoms with van der Waals surface area (Å²) < 4.78 is 39.3. The Hall–Kier alpha value is -2.97. The third-order valence-corrected chi connectivity index (χ3v) is 3.99. The smallest absolute Gasteiger partial charge is 0.365 e. The third kappa shape index (κ3) is 3.51. The molecule has 1 aliphatic rings. The lowest BCUT2D eigenvalue weighted by molar-refractivity contribution is -0.141. The number of nitrogens with zero attached hydrogens (tertiary/aromatic N) is 4. The van der Waals surface area contributed by atoms with Crippen molar-refractivity contribution in [2.24, 2.45) is 0 Å². The zero-order valence-corrected chi connectivity index (χ0v) is 13.6. The average molecular weight is 360 g/mol. The number of fused-ring (bicyclic) bond motifs is 1. The molecular formula is C17H15F3N6. The predicted octanol–water partition coefficient (Wildman–Crippen LogP) is 3.63. The van der Waals surface area contributed by atoms with Gasteiger partial charge in [-0.25, -0.2) is 4.98 Å². The molecule has 0 spiro atoms. The molecule has 0 aromatic carbocycles. The highest BCUT2D eigenvalue weighted by molar-refractivity contribution is 5.87. The van der Waals surface area contributed by atoms with Crippen molar-refractivity contribution in [3.05, 3.63) is 47.9 Å². The Morgan fingerprint density at radius 3 is 2.58 bits per heavy atom. The second-order valence-electron chi connectivity index (χ2n) is 6.05. The molecule has 0 atom stereocenters. The molecule has 0 radical (unpaired) electrons. The molecule has 3 aromatic heterocycles. The largest absolute Gasteiger partial charge is 0.433 e. The van der Waals surface area contributed by atoms with Gasteiger partial charge in [0.05, 0.1) is 5.39 Å². The van der Waals surface area contributed by atoms with Crippen LogP contribution in [0.3, 0.4) is 0 Å². The highest BCUT2D eigenvalue weighted by Crippen LogP contribution is 2.31. The highest BCUT2D eigenvalue weighted by atomic mass is 19.4. The van der Waals surface area contributed by atoms with Crippen LogP contribution in [0.25, 0.3) is 11.0 Å². The lowest BCUT2D eigenvalue weighted by Gasteiger charge is -2.14. The van der Waals surface area contributed by atoms with Gasteiger partial charge in [0.15, 0.2) is 5.65 Å². The van der Waals surface area contributed by atoms with Gasteiger partial charge < -0.3 is 10.6 Å². The van der Waals surface area contributed by atoms with E-state index in [0.29, 0.717) is 28.8 Å². The molecule has 1 saturated carbocycles. The molecule has 0 saturated heterocycles. The van der Waals surface area contributed by atoms with Crippen LogP contribution in [0, 0.1) is 0 Å². The van der Waals surface area contributed by atoms with E-state index in [9.17, 15) is 13.2 Å². The van der Waals surface area contributed by atoms with Crippen molar-refractivity contribution in [3.8, 4) is 0 Å². The Morgan fingerprint density at radius 1 is 1.04 bits per heavy atom. The van der Waals surface area contributed by atoms with Crippen LogP contribution < -0.4 is 10.6 Å². The van der Waals surface area contributed by atoms with Gasteiger partial charge in [-0.3, -0.25) is 4.98 Å². The SMILES string of the molecule is FC(F)(F)c1ncccc1CNc1nc(NC2CC2)nc2ncccc12. The Morgan fingerprint density at radius 2 is 1.81 bits per heavy atom. The predicted molar refractivity (Wildman–Crippen MR) is 90.5 cm³/mol. The summed E-state index contributed by atoms with van der Waals surface area (Å²) >= 11 is 0. The molecule has 2 N–H and O–H groups in total. The molecule has 0 amide bonds. The molecule has 0 aliphatic heterocycles. The minimum Gasteiger partial charge on any atom is -0.365 e. The summed E-state index contributed by atoms with van der Waals surface area (Å²) in [7, 11) is 0. The van der Waals surface area contributed by atoms with Crippen LogP contribution in [0.15, 0.2) is 36.7 Å². The number of halogens is 3. The highest BCUT2D eigenvalue weighted by Gasteiger charge is 2.34. The second kappa shape index (κ2) is 6.40. The quantitative estimate of drug-likeness (QED) is 0.724. The molecule has 4 rings (SSSR count). The molecule has 0 bridgehead atoms. The summed E-state index contributed by atoms with van der Waals surface area (Å²) in [5.41, 5.74) is -0.372. The average Bonchev–Trinajstić information content (AvgIpc) is 3.43. The van der Waals surface area contributed by atoms with Crippen molar-refractivity contribution in [3.63, 3.8) is 0 Å². The van der Waals surface area contributed by atoms with Crippen LogP contribution in [0.2, 0.25) is 0 Å². The molecule has 1 fully saturated rings. The van der Waals surface area contributed by atoms with Gasteiger partial charge in [0.1, 0.15) is 11.5 Å². The van der Waals surface area contributed by atoms with Gasteiger partial charge in [-0.1, -0.05) is 6.07 Å². The van der Waals surface area contributed by atoms with E-state index in [4.69, 9.17) is 0 Å². The summed E-state index contributed by atoms with van der Waals surface area (Å²) in [4.78, 5) is 16.5. The maximum atomic E-state index is 13.1. The van der Waals surface area contributed by atoms with E-state index in [0.717, 1.165) is 19.0 Å². The fraction of sp³-hybridized carbons (Fsp3) is 0.294. The topological polar surface area (TPSA) is 75.6 Å². The van der Waals surface area contributed by atoms with Gasteiger partial charge >= 0.3 is 6.18 Å². The summed E-state index contributed by atoms with van der Waals surface area (Å²) in [6.45, 7) is -0.0629. The fourth-order valence-corrected chi connectivity index (χ4v) is 2.59. The van der Waals surface area contributed by atoms with Crippen molar-refractivity contribution in [2.45, 2.75) is 31.6 Å². The van der Waals surface area contributed by atoms with Gasteiger partial charge in [-0.2, -0.15) is 23.1 Å². The first-order valence-corrected chi connectivity index (χ1v) is 8.15. The van der Waals surface area contributed by atoms with Crippen molar-refractivity contribution in [1.29, 1.82) is 0 Å². The van der Waals surface area contributed by atoms with Gasteiger partial charge in [0, 0.05) is 30.5 Å².